The highest BCUT2D eigenvalue weighted by molar-refractivity contribution is 5.10. The quantitative estimate of drug-likeness (QED) is 0.724. The number of hydrogen-bond acceptors (Lipinski definition) is 2. The second kappa shape index (κ2) is 5.46. The van der Waals surface area contributed by atoms with Gasteiger partial charge in [0.2, 0.25) is 0 Å². The minimum atomic E-state index is -0.426. The summed E-state index contributed by atoms with van der Waals surface area (Å²) in [6.45, 7) is 9.14. The number of rotatable bonds is 1. The summed E-state index contributed by atoms with van der Waals surface area (Å²) < 4.78 is 0. The van der Waals surface area contributed by atoms with Gasteiger partial charge in [0.25, 0.3) is 0 Å². The topological polar surface area (TPSA) is 40.5 Å². The molecule has 0 heterocycles. The van der Waals surface area contributed by atoms with Crippen LogP contribution in [0.3, 0.4) is 0 Å². The molecule has 4 rings (SSSR count). The summed E-state index contributed by atoms with van der Waals surface area (Å²) in [7, 11) is 0. The lowest BCUT2D eigenvalue weighted by Gasteiger charge is -2.62. The standard InChI is InChI=1S/C22H38O2/c1-14(23)17-7-8-18-16-6-5-15-13-20(2,24)11-12-21(15,3)19(16)9-10-22(17,18)4/h14-19,23-24H,5-13H2,1-4H3/t14-,15-,16-,17+,18-,19-,20+,21-,22+/m0/s1. The SMILES string of the molecule is C[C@H](O)[C@H]1CC[C@H]2[C@@H]3CC[C@H]4C[C@](C)(O)CC[C@]4(C)[C@H]3CC[C@]12C. The zero-order valence-corrected chi connectivity index (χ0v) is 16.2. The molecule has 0 aromatic rings. The van der Waals surface area contributed by atoms with Gasteiger partial charge < -0.3 is 10.2 Å². The van der Waals surface area contributed by atoms with E-state index >= 15 is 0 Å². The minimum absolute atomic E-state index is 0.145. The Balaban J connectivity index is 1.60. The van der Waals surface area contributed by atoms with Gasteiger partial charge in [-0.2, -0.15) is 0 Å². The van der Waals surface area contributed by atoms with Gasteiger partial charge >= 0.3 is 0 Å². The first kappa shape index (κ1) is 17.3. The summed E-state index contributed by atoms with van der Waals surface area (Å²) in [6, 6.07) is 0. The average molecular weight is 335 g/mol. The number of fused-ring (bicyclic) bond motifs is 5. The number of aliphatic hydroxyl groups excluding tert-OH is 1. The largest absolute Gasteiger partial charge is 0.393 e. The molecule has 4 aliphatic rings. The highest BCUT2D eigenvalue weighted by Gasteiger charge is 2.61. The summed E-state index contributed by atoms with van der Waals surface area (Å²) in [4.78, 5) is 0. The molecule has 9 atom stereocenters. The van der Waals surface area contributed by atoms with Crippen molar-refractivity contribution < 1.29 is 10.2 Å². The Morgan fingerprint density at radius 2 is 1.54 bits per heavy atom. The van der Waals surface area contributed by atoms with Crippen LogP contribution in [0.4, 0.5) is 0 Å². The summed E-state index contributed by atoms with van der Waals surface area (Å²) in [5.41, 5.74) is 0.402. The lowest BCUT2D eigenvalue weighted by molar-refractivity contribution is -0.149. The van der Waals surface area contributed by atoms with Gasteiger partial charge in [-0.1, -0.05) is 13.8 Å². The van der Waals surface area contributed by atoms with E-state index in [-0.39, 0.29) is 6.10 Å². The van der Waals surface area contributed by atoms with Gasteiger partial charge in [-0.05, 0) is 112 Å². The van der Waals surface area contributed by atoms with Gasteiger partial charge in [0.05, 0.1) is 11.7 Å². The maximum Gasteiger partial charge on any atom is 0.0622 e. The van der Waals surface area contributed by atoms with Gasteiger partial charge in [-0.3, -0.25) is 0 Å². The van der Waals surface area contributed by atoms with E-state index in [9.17, 15) is 10.2 Å². The summed E-state index contributed by atoms with van der Waals surface area (Å²) in [5.74, 6) is 3.80. The van der Waals surface area contributed by atoms with E-state index in [0.29, 0.717) is 16.7 Å². The molecular weight excluding hydrogens is 296 g/mol. The first-order valence-corrected chi connectivity index (χ1v) is 10.6. The molecule has 4 saturated carbocycles. The molecule has 0 unspecified atom stereocenters. The molecule has 0 aromatic carbocycles. The van der Waals surface area contributed by atoms with Crippen molar-refractivity contribution in [2.75, 3.05) is 0 Å². The molecule has 24 heavy (non-hydrogen) atoms. The third-order valence-corrected chi connectivity index (χ3v) is 9.61. The van der Waals surface area contributed by atoms with Crippen molar-refractivity contribution in [1.29, 1.82) is 0 Å². The lowest BCUT2D eigenvalue weighted by Crippen LogP contribution is -2.55. The Bertz CT molecular complexity index is 498. The van der Waals surface area contributed by atoms with Crippen LogP contribution in [0.2, 0.25) is 0 Å². The fraction of sp³-hybridized carbons (Fsp3) is 1.00. The van der Waals surface area contributed by atoms with Crippen LogP contribution in [0.25, 0.3) is 0 Å². The van der Waals surface area contributed by atoms with Crippen LogP contribution in [-0.4, -0.2) is 21.9 Å². The number of aliphatic hydroxyl groups is 2. The van der Waals surface area contributed by atoms with Crippen molar-refractivity contribution in [3.8, 4) is 0 Å². The molecule has 0 aromatic heterocycles. The second-order valence-corrected chi connectivity index (χ2v) is 10.8. The van der Waals surface area contributed by atoms with E-state index in [1.165, 1.54) is 44.9 Å². The number of hydrogen-bond donors (Lipinski definition) is 2. The van der Waals surface area contributed by atoms with Crippen molar-refractivity contribution in [3.05, 3.63) is 0 Å². The Hall–Kier alpha value is -0.0800. The Kier molecular flexibility index (Phi) is 3.94. The fourth-order valence-corrected chi connectivity index (χ4v) is 8.26. The molecule has 4 fully saturated rings. The molecule has 0 bridgehead atoms. The summed E-state index contributed by atoms with van der Waals surface area (Å²) >= 11 is 0. The van der Waals surface area contributed by atoms with E-state index in [1.54, 1.807) is 0 Å². The van der Waals surface area contributed by atoms with Gasteiger partial charge in [0.15, 0.2) is 0 Å². The maximum atomic E-state index is 10.6. The Morgan fingerprint density at radius 1 is 0.833 bits per heavy atom. The summed E-state index contributed by atoms with van der Waals surface area (Å²) in [5, 5.41) is 20.9. The average Bonchev–Trinajstić information content (AvgIpc) is 2.85. The first-order valence-electron chi connectivity index (χ1n) is 10.6. The van der Waals surface area contributed by atoms with Gasteiger partial charge in [-0.25, -0.2) is 0 Å². The van der Waals surface area contributed by atoms with Crippen molar-refractivity contribution in [2.45, 2.75) is 97.2 Å². The third kappa shape index (κ3) is 2.35. The van der Waals surface area contributed by atoms with E-state index in [0.717, 1.165) is 36.5 Å². The predicted octanol–water partition coefficient (Wildman–Crippen LogP) is 4.78. The normalized spacial score (nSPS) is 58.5. The third-order valence-electron chi connectivity index (χ3n) is 9.61. The zero-order valence-electron chi connectivity index (χ0n) is 16.2. The minimum Gasteiger partial charge on any atom is -0.393 e. The molecule has 0 saturated heterocycles. The first-order chi connectivity index (χ1) is 11.2. The van der Waals surface area contributed by atoms with Gasteiger partial charge in [0, 0.05) is 0 Å². The molecular formula is C22H38O2. The highest BCUT2D eigenvalue weighted by Crippen LogP contribution is 2.68. The Morgan fingerprint density at radius 3 is 2.25 bits per heavy atom. The molecule has 0 radical (unpaired) electrons. The van der Waals surface area contributed by atoms with Crippen LogP contribution >= 0.6 is 0 Å². The van der Waals surface area contributed by atoms with Gasteiger partial charge in [-0.15, -0.1) is 0 Å². The molecule has 2 N–H and O–H groups in total. The van der Waals surface area contributed by atoms with E-state index in [1.807, 2.05) is 6.92 Å². The van der Waals surface area contributed by atoms with Crippen LogP contribution in [0.5, 0.6) is 0 Å². The fourth-order valence-electron chi connectivity index (χ4n) is 8.26. The Labute approximate surface area is 148 Å². The van der Waals surface area contributed by atoms with Crippen LogP contribution in [0.15, 0.2) is 0 Å². The zero-order chi connectivity index (χ0) is 17.3. The van der Waals surface area contributed by atoms with E-state index in [4.69, 9.17) is 0 Å². The molecule has 4 aliphatic carbocycles. The smallest absolute Gasteiger partial charge is 0.0622 e. The van der Waals surface area contributed by atoms with Crippen LogP contribution in [0, 0.1) is 40.4 Å². The molecule has 2 nitrogen and oxygen atoms in total. The van der Waals surface area contributed by atoms with Crippen LogP contribution in [-0.2, 0) is 0 Å². The second-order valence-electron chi connectivity index (χ2n) is 10.8. The highest BCUT2D eigenvalue weighted by atomic mass is 16.3. The van der Waals surface area contributed by atoms with Crippen molar-refractivity contribution in [1.82, 2.24) is 0 Å². The molecule has 0 aliphatic heterocycles. The monoisotopic (exact) mass is 334 g/mol. The van der Waals surface area contributed by atoms with E-state index in [2.05, 4.69) is 20.8 Å². The van der Waals surface area contributed by atoms with Crippen molar-refractivity contribution >= 4 is 0 Å². The van der Waals surface area contributed by atoms with Crippen LogP contribution < -0.4 is 0 Å². The predicted molar refractivity (Wildman–Crippen MR) is 97.5 cm³/mol. The van der Waals surface area contributed by atoms with Crippen molar-refractivity contribution in [2.24, 2.45) is 40.4 Å². The van der Waals surface area contributed by atoms with Gasteiger partial charge in [0.1, 0.15) is 0 Å². The molecule has 138 valence electrons. The molecule has 0 amide bonds. The molecule has 2 heteroatoms. The van der Waals surface area contributed by atoms with Crippen molar-refractivity contribution in [3.63, 3.8) is 0 Å². The summed E-state index contributed by atoms with van der Waals surface area (Å²) in [6.07, 6.45) is 11.0. The van der Waals surface area contributed by atoms with Crippen LogP contribution in [0.1, 0.15) is 85.5 Å². The lowest BCUT2D eigenvalue weighted by atomic mass is 9.44. The van der Waals surface area contributed by atoms with E-state index < -0.39 is 5.60 Å². The molecule has 0 spiro atoms. The maximum absolute atomic E-state index is 10.6.